The lowest BCUT2D eigenvalue weighted by Crippen LogP contribution is -2.05. The summed E-state index contributed by atoms with van der Waals surface area (Å²) in [5, 5.41) is 3.08. The maximum atomic E-state index is 13.6. The summed E-state index contributed by atoms with van der Waals surface area (Å²) >= 11 is 0. The number of halogens is 1. The number of anilines is 1. The van der Waals surface area contributed by atoms with Crippen molar-refractivity contribution < 1.29 is 9.13 Å². The van der Waals surface area contributed by atoms with Gasteiger partial charge in [0.1, 0.15) is 5.82 Å². The average Bonchev–Trinajstić information content (AvgIpc) is 2.38. The summed E-state index contributed by atoms with van der Waals surface area (Å²) in [6.07, 6.45) is 1.66. The normalized spacial score (nSPS) is 10.2. The van der Waals surface area contributed by atoms with E-state index in [-0.39, 0.29) is 5.82 Å². The van der Waals surface area contributed by atoms with Gasteiger partial charge in [-0.25, -0.2) is 9.37 Å². The third-order valence-corrected chi connectivity index (χ3v) is 2.72. The monoisotopic (exact) mass is 246 g/mol. The van der Waals surface area contributed by atoms with E-state index in [1.165, 1.54) is 6.07 Å². The largest absolute Gasteiger partial charge is 0.481 e. The maximum Gasteiger partial charge on any atom is 0.218 e. The molecule has 0 radical (unpaired) electrons. The SMILES string of the molecule is COc1ncccc1CNc1c(C)cccc1F. The fraction of sp³-hybridized carbons (Fsp3) is 0.214. The Morgan fingerprint density at radius 2 is 2.11 bits per heavy atom. The van der Waals surface area contributed by atoms with E-state index in [1.807, 2.05) is 25.1 Å². The highest BCUT2D eigenvalue weighted by molar-refractivity contribution is 5.52. The van der Waals surface area contributed by atoms with Crippen molar-refractivity contribution in [1.82, 2.24) is 4.98 Å². The molecule has 4 heteroatoms. The van der Waals surface area contributed by atoms with Gasteiger partial charge in [0.05, 0.1) is 12.8 Å². The van der Waals surface area contributed by atoms with Crippen LogP contribution in [0.5, 0.6) is 5.88 Å². The van der Waals surface area contributed by atoms with Gasteiger partial charge in [-0.1, -0.05) is 18.2 Å². The Balaban J connectivity index is 2.16. The fourth-order valence-corrected chi connectivity index (χ4v) is 1.78. The Hall–Kier alpha value is -2.10. The van der Waals surface area contributed by atoms with E-state index >= 15 is 0 Å². The Morgan fingerprint density at radius 1 is 1.28 bits per heavy atom. The van der Waals surface area contributed by atoms with Crippen LogP contribution in [-0.4, -0.2) is 12.1 Å². The van der Waals surface area contributed by atoms with Crippen LogP contribution in [0.1, 0.15) is 11.1 Å². The molecule has 2 rings (SSSR count). The van der Waals surface area contributed by atoms with Gasteiger partial charge in [0.25, 0.3) is 0 Å². The zero-order valence-electron chi connectivity index (χ0n) is 10.4. The van der Waals surface area contributed by atoms with Gasteiger partial charge in [-0.3, -0.25) is 0 Å². The number of para-hydroxylation sites is 1. The predicted molar refractivity (Wildman–Crippen MR) is 69.3 cm³/mol. The van der Waals surface area contributed by atoms with Crippen LogP contribution in [0.25, 0.3) is 0 Å². The number of benzene rings is 1. The van der Waals surface area contributed by atoms with Crippen molar-refractivity contribution in [2.75, 3.05) is 12.4 Å². The number of methoxy groups -OCH3 is 1. The molecule has 1 heterocycles. The maximum absolute atomic E-state index is 13.6. The summed E-state index contributed by atoms with van der Waals surface area (Å²) in [7, 11) is 1.57. The number of aryl methyl sites for hydroxylation is 1. The smallest absolute Gasteiger partial charge is 0.218 e. The summed E-state index contributed by atoms with van der Waals surface area (Å²) in [5.74, 6) is 0.303. The average molecular weight is 246 g/mol. The first-order valence-electron chi connectivity index (χ1n) is 5.69. The van der Waals surface area contributed by atoms with Crippen LogP contribution in [0, 0.1) is 12.7 Å². The number of nitrogens with one attached hydrogen (secondary N) is 1. The molecule has 0 saturated heterocycles. The van der Waals surface area contributed by atoms with Crippen LogP contribution in [-0.2, 0) is 6.54 Å². The molecule has 3 nitrogen and oxygen atoms in total. The topological polar surface area (TPSA) is 34.1 Å². The number of rotatable bonds is 4. The van der Waals surface area contributed by atoms with Crippen LogP contribution in [0.3, 0.4) is 0 Å². The number of hydrogen-bond acceptors (Lipinski definition) is 3. The molecule has 0 unspecified atom stereocenters. The minimum Gasteiger partial charge on any atom is -0.481 e. The van der Waals surface area contributed by atoms with Gasteiger partial charge in [0.2, 0.25) is 5.88 Å². The van der Waals surface area contributed by atoms with Crippen molar-refractivity contribution in [3.05, 3.63) is 53.5 Å². The third-order valence-electron chi connectivity index (χ3n) is 2.72. The number of nitrogens with zero attached hydrogens (tertiary/aromatic N) is 1. The minimum atomic E-state index is -0.252. The van der Waals surface area contributed by atoms with Crippen molar-refractivity contribution in [1.29, 1.82) is 0 Å². The van der Waals surface area contributed by atoms with E-state index in [0.29, 0.717) is 18.1 Å². The summed E-state index contributed by atoms with van der Waals surface area (Å²) in [6, 6.07) is 8.73. The zero-order chi connectivity index (χ0) is 13.0. The summed E-state index contributed by atoms with van der Waals surface area (Å²) in [6.45, 7) is 2.34. The van der Waals surface area contributed by atoms with Gasteiger partial charge in [-0.2, -0.15) is 0 Å². The minimum absolute atomic E-state index is 0.252. The second-order valence-corrected chi connectivity index (χ2v) is 3.96. The standard InChI is InChI=1S/C14H15FN2O/c1-10-5-3-7-12(15)13(10)17-9-11-6-4-8-16-14(11)18-2/h3-8,17H,9H2,1-2H3. The van der Waals surface area contributed by atoms with Gasteiger partial charge in [-0.15, -0.1) is 0 Å². The first-order chi connectivity index (χ1) is 8.72. The Bertz CT molecular complexity index is 523. The molecule has 0 fully saturated rings. The van der Waals surface area contributed by atoms with E-state index in [1.54, 1.807) is 19.4 Å². The van der Waals surface area contributed by atoms with Crippen LogP contribution >= 0.6 is 0 Å². The fourth-order valence-electron chi connectivity index (χ4n) is 1.78. The Labute approximate surface area is 106 Å². The summed E-state index contributed by atoms with van der Waals surface area (Å²) < 4.78 is 18.8. The van der Waals surface area contributed by atoms with Gasteiger partial charge < -0.3 is 10.1 Å². The van der Waals surface area contributed by atoms with Crippen molar-refractivity contribution in [3.63, 3.8) is 0 Å². The lowest BCUT2D eigenvalue weighted by atomic mass is 10.2. The Morgan fingerprint density at radius 3 is 2.83 bits per heavy atom. The van der Waals surface area contributed by atoms with E-state index in [9.17, 15) is 4.39 Å². The second kappa shape index (κ2) is 5.49. The zero-order valence-corrected chi connectivity index (χ0v) is 10.4. The molecule has 0 bridgehead atoms. The van der Waals surface area contributed by atoms with Gasteiger partial charge >= 0.3 is 0 Å². The van der Waals surface area contributed by atoms with Crippen molar-refractivity contribution in [2.45, 2.75) is 13.5 Å². The number of pyridine rings is 1. The van der Waals surface area contributed by atoms with Gasteiger partial charge in [0.15, 0.2) is 0 Å². The van der Waals surface area contributed by atoms with E-state index in [4.69, 9.17) is 4.74 Å². The van der Waals surface area contributed by atoms with E-state index in [2.05, 4.69) is 10.3 Å². The summed E-state index contributed by atoms with van der Waals surface area (Å²) in [5.41, 5.74) is 2.28. The van der Waals surface area contributed by atoms with Crippen molar-refractivity contribution >= 4 is 5.69 Å². The molecule has 1 aromatic heterocycles. The van der Waals surface area contributed by atoms with Gasteiger partial charge in [-0.05, 0) is 24.6 Å². The predicted octanol–water partition coefficient (Wildman–Crippen LogP) is 3.15. The second-order valence-electron chi connectivity index (χ2n) is 3.96. The van der Waals surface area contributed by atoms with Crippen LogP contribution < -0.4 is 10.1 Å². The molecule has 94 valence electrons. The first kappa shape index (κ1) is 12.4. The highest BCUT2D eigenvalue weighted by atomic mass is 19.1. The quantitative estimate of drug-likeness (QED) is 0.899. The number of hydrogen-bond donors (Lipinski definition) is 1. The van der Waals surface area contributed by atoms with E-state index in [0.717, 1.165) is 11.1 Å². The molecule has 2 aromatic rings. The Kier molecular flexibility index (Phi) is 3.77. The first-order valence-corrected chi connectivity index (χ1v) is 5.69. The molecular weight excluding hydrogens is 231 g/mol. The molecule has 0 aliphatic carbocycles. The lowest BCUT2D eigenvalue weighted by Gasteiger charge is -2.12. The molecule has 0 aliphatic rings. The summed E-state index contributed by atoms with van der Waals surface area (Å²) in [4.78, 5) is 4.10. The molecule has 0 amide bonds. The molecule has 0 aliphatic heterocycles. The van der Waals surface area contributed by atoms with Gasteiger partial charge in [0, 0.05) is 18.3 Å². The van der Waals surface area contributed by atoms with Crippen molar-refractivity contribution in [2.24, 2.45) is 0 Å². The molecule has 0 spiro atoms. The molecule has 18 heavy (non-hydrogen) atoms. The molecule has 1 aromatic carbocycles. The van der Waals surface area contributed by atoms with Crippen LogP contribution in [0.2, 0.25) is 0 Å². The van der Waals surface area contributed by atoms with Crippen LogP contribution in [0.15, 0.2) is 36.5 Å². The molecule has 1 N–H and O–H groups in total. The third kappa shape index (κ3) is 2.59. The van der Waals surface area contributed by atoms with E-state index < -0.39 is 0 Å². The number of aromatic nitrogens is 1. The highest BCUT2D eigenvalue weighted by Gasteiger charge is 2.07. The molecular formula is C14H15FN2O. The lowest BCUT2D eigenvalue weighted by molar-refractivity contribution is 0.393. The molecule has 0 saturated carbocycles. The highest BCUT2D eigenvalue weighted by Crippen LogP contribution is 2.21. The number of ether oxygens (including phenoxy) is 1. The van der Waals surface area contributed by atoms with Crippen LogP contribution in [0.4, 0.5) is 10.1 Å². The molecule has 0 atom stereocenters. The van der Waals surface area contributed by atoms with Crippen molar-refractivity contribution in [3.8, 4) is 5.88 Å².